The highest BCUT2D eigenvalue weighted by atomic mass is 16.2. The lowest BCUT2D eigenvalue weighted by Crippen LogP contribution is -2.35. The summed E-state index contributed by atoms with van der Waals surface area (Å²) in [4.78, 5) is 13.6. The average Bonchev–Trinajstić information content (AvgIpc) is 3.05. The molecule has 0 radical (unpaired) electrons. The smallest absolute Gasteiger partial charge is 0.234 e. The Balaban J connectivity index is 1.77. The van der Waals surface area contributed by atoms with Crippen LogP contribution in [0.3, 0.4) is 0 Å². The molecule has 4 heteroatoms. The fourth-order valence-corrected chi connectivity index (χ4v) is 1.74. The van der Waals surface area contributed by atoms with Crippen LogP contribution in [0, 0.1) is 0 Å². The molecule has 1 amide bonds. The molecule has 0 spiro atoms. The standard InChI is InChI=1S/C13H19N3O/c1-16(9-13(17)15-12-6-7-12)8-10-2-4-11(14)5-3-10/h2-5,12H,6-9,14H2,1H3,(H,15,17). The molecule has 92 valence electrons. The topological polar surface area (TPSA) is 58.4 Å². The Kier molecular flexibility index (Phi) is 3.64. The summed E-state index contributed by atoms with van der Waals surface area (Å²) < 4.78 is 0. The second kappa shape index (κ2) is 5.19. The van der Waals surface area contributed by atoms with Crippen molar-refractivity contribution in [2.24, 2.45) is 0 Å². The zero-order valence-electron chi connectivity index (χ0n) is 10.1. The molecule has 1 aromatic carbocycles. The first kappa shape index (κ1) is 11.9. The fourth-order valence-electron chi connectivity index (χ4n) is 1.74. The van der Waals surface area contributed by atoms with Crippen LogP contribution in [0.15, 0.2) is 24.3 Å². The monoisotopic (exact) mass is 233 g/mol. The minimum Gasteiger partial charge on any atom is -0.399 e. The zero-order chi connectivity index (χ0) is 12.3. The molecule has 2 rings (SSSR count). The van der Waals surface area contributed by atoms with E-state index in [9.17, 15) is 4.79 Å². The normalized spacial score (nSPS) is 14.9. The van der Waals surface area contributed by atoms with Gasteiger partial charge in [-0.3, -0.25) is 9.69 Å². The summed E-state index contributed by atoms with van der Waals surface area (Å²) in [6, 6.07) is 8.18. The van der Waals surface area contributed by atoms with E-state index in [1.54, 1.807) is 0 Å². The Morgan fingerprint density at radius 3 is 2.65 bits per heavy atom. The predicted molar refractivity (Wildman–Crippen MR) is 68.4 cm³/mol. The molecule has 3 N–H and O–H groups in total. The van der Waals surface area contributed by atoms with Gasteiger partial charge in [-0.1, -0.05) is 12.1 Å². The molecule has 1 aromatic rings. The van der Waals surface area contributed by atoms with Crippen LogP contribution in [0.1, 0.15) is 18.4 Å². The fraction of sp³-hybridized carbons (Fsp3) is 0.462. The molecule has 0 aliphatic heterocycles. The third-order valence-corrected chi connectivity index (χ3v) is 2.79. The molecular weight excluding hydrogens is 214 g/mol. The van der Waals surface area contributed by atoms with E-state index in [1.807, 2.05) is 36.2 Å². The highest BCUT2D eigenvalue weighted by Gasteiger charge is 2.23. The van der Waals surface area contributed by atoms with Crippen molar-refractivity contribution in [1.29, 1.82) is 0 Å². The van der Waals surface area contributed by atoms with Gasteiger partial charge in [-0.25, -0.2) is 0 Å². The molecular formula is C13H19N3O. The quantitative estimate of drug-likeness (QED) is 0.745. The number of nitrogen functional groups attached to an aromatic ring is 1. The van der Waals surface area contributed by atoms with Crippen LogP contribution < -0.4 is 11.1 Å². The van der Waals surface area contributed by atoms with Gasteiger partial charge in [-0.2, -0.15) is 0 Å². The van der Waals surface area contributed by atoms with Gasteiger partial charge >= 0.3 is 0 Å². The first-order valence-electron chi connectivity index (χ1n) is 5.96. The number of hydrogen-bond donors (Lipinski definition) is 2. The molecule has 1 aliphatic carbocycles. The molecule has 0 unspecified atom stereocenters. The van der Waals surface area contributed by atoms with Crippen molar-refractivity contribution in [3.63, 3.8) is 0 Å². The Morgan fingerprint density at radius 1 is 1.41 bits per heavy atom. The number of rotatable bonds is 5. The molecule has 0 aromatic heterocycles. The average molecular weight is 233 g/mol. The molecule has 1 aliphatic rings. The summed E-state index contributed by atoms with van der Waals surface area (Å²) in [5.74, 6) is 0.116. The highest BCUT2D eigenvalue weighted by molar-refractivity contribution is 5.78. The number of likely N-dealkylation sites (N-methyl/N-ethyl adjacent to an activating group) is 1. The summed E-state index contributed by atoms with van der Waals surface area (Å²) >= 11 is 0. The summed E-state index contributed by atoms with van der Waals surface area (Å²) in [5.41, 5.74) is 7.56. The number of benzene rings is 1. The molecule has 17 heavy (non-hydrogen) atoms. The lowest BCUT2D eigenvalue weighted by Gasteiger charge is -2.16. The summed E-state index contributed by atoms with van der Waals surface area (Å²) in [6.07, 6.45) is 2.26. The number of nitrogens with two attached hydrogens (primary N) is 1. The largest absolute Gasteiger partial charge is 0.399 e. The number of nitrogens with one attached hydrogen (secondary N) is 1. The Labute approximate surface area is 102 Å². The van der Waals surface area contributed by atoms with E-state index in [-0.39, 0.29) is 5.91 Å². The predicted octanol–water partition coefficient (Wildman–Crippen LogP) is 0.979. The molecule has 1 fully saturated rings. The number of anilines is 1. The second-order valence-electron chi connectivity index (χ2n) is 4.76. The van der Waals surface area contributed by atoms with Gasteiger partial charge in [0.15, 0.2) is 0 Å². The Hall–Kier alpha value is -1.55. The van der Waals surface area contributed by atoms with Gasteiger partial charge in [-0.15, -0.1) is 0 Å². The number of carbonyl (C=O) groups excluding carboxylic acids is 1. The van der Waals surface area contributed by atoms with Crippen molar-refractivity contribution in [3.8, 4) is 0 Å². The lowest BCUT2D eigenvalue weighted by atomic mass is 10.2. The molecule has 4 nitrogen and oxygen atoms in total. The maximum atomic E-state index is 11.6. The minimum atomic E-state index is 0.116. The van der Waals surface area contributed by atoms with Crippen molar-refractivity contribution in [3.05, 3.63) is 29.8 Å². The van der Waals surface area contributed by atoms with Crippen molar-refractivity contribution in [1.82, 2.24) is 10.2 Å². The lowest BCUT2D eigenvalue weighted by molar-refractivity contribution is -0.122. The van der Waals surface area contributed by atoms with Crippen LogP contribution in [-0.2, 0) is 11.3 Å². The van der Waals surface area contributed by atoms with E-state index < -0.39 is 0 Å². The van der Waals surface area contributed by atoms with Crippen molar-refractivity contribution < 1.29 is 4.79 Å². The maximum absolute atomic E-state index is 11.6. The van der Waals surface area contributed by atoms with E-state index >= 15 is 0 Å². The van der Waals surface area contributed by atoms with E-state index in [2.05, 4.69) is 5.32 Å². The van der Waals surface area contributed by atoms with Gasteiger partial charge in [0, 0.05) is 18.3 Å². The molecule has 0 bridgehead atoms. The van der Waals surface area contributed by atoms with Gasteiger partial charge < -0.3 is 11.1 Å². The third kappa shape index (κ3) is 4.07. The van der Waals surface area contributed by atoms with Crippen LogP contribution in [0.4, 0.5) is 5.69 Å². The number of carbonyl (C=O) groups is 1. The minimum absolute atomic E-state index is 0.116. The van der Waals surface area contributed by atoms with Crippen LogP contribution in [0.2, 0.25) is 0 Å². The molecule has 0 heterocycles. The summed E-state index contributed by atoms with van der Waals surface area (Å²) in [5, 5.41) is 2.98. The van der Waals surface area contributed by atoms with Gasteiger partial charge in [0.2, 0.25) is 5.91 Å². The van der Waals surface area contributed by atoms with Crippen LogP contribution in [0.25, 0.3) is 0 Å². The number of nitrogens with zero attached hydrogens (tertiary/aromatic N) is 1. The van der Waals surface area contributed by atoms with Gasteiger partial charge in [0.05, 0.1) is 6.54 Å². The SMILES string of the molecule is CN(CC(=O)NC1CC1)Cc1ccc(N)cc1. The van der Waals surface area contributed by atoms with Crippen LogP contribution in [0.5, 0.6) is 0 Å². The maximum Gasteiger partial charge on any atom is 0.234 e. The molecule has 0 atom stereocenters. The van der Waals surface area contributed by atoms with Crippen LogP contribution >= 0.6 is 0 Å². The second-order valence-corrected chi connectivity index (χ2v) is 4.76. The van der Waals surface area contributed by atoms with E-state index in [4.69, 9.17) is 5.73 Å². The van der Waals surface area contributed by atoms with Crippen molar-refractivity contribution in [2.45, 2.75) is 25.4 Å². The van der Waals surface area contributed by atoms with Gasteiger partial charge in [0.25, 0.3) is 0 Å². The zero-order valence-corrected chi connectivity index (χ0v) is 10.1. The number of amides is 1. The van der Waals surface area contributed by atoms with Crippen molar-refractivity contribution in [2.75, 3.05) is 19.3 Å². The third-order valence-electron chi connectivity index (χ3n) is 2.79. The Morgan fingerprint density at radius 2 is 2.06 bits per heavy atom. The van der Waals surface area contributed by atoms with Crippen LogP contribution in [-0.4, -0.2) is 30.4 Å². The van der Waals surface area contributed by atoms with Gasteiger partial charge in [0.1, 0.15) is 0 Å². The number of hydrogen-bond acceptors (Lipinski definition) is 3. The summed E-state index contributed by atoms with van der Waals surface area (Å²) in [7, 11) is 1.95. The van der Waals surface area contributed by atoms with E-state index in [0.29, 0.717) is 12.6 Å². The van der Waals surface area contributed by atoms with Crippen molar-refractivity contribution >= 4 is 11.6 Å². The van der Waals surface area contributed by atoms with Gasteiger partial charge in [-0.05, 0) is 37.6 Å². The molecule has 0 saturated heterocycles. The first-order chi connectivity index (χ1) is 8.13. The Bertz CT molecular complexity index is 384. The van der Waals surface area contributed by atoms with E-state index in [0.717, 1.165) is 25.1 Å². The summed E-state index contributed by atoms with van der Waals surface area (Å²) in [6.45, 7) is 1.21. The molecule has 1 saturated carbocycles. The highest BCUT2D eigenvalue weighted by Crippen LogP contribution is 2.18. The van der Waals surface area contributed by atoms with E-state index in [1.165, 1.54) is 5.56 Å². The first-order valence-corrected chi connectivity index (χ1v) is 5.96.